The number of rotatable bonds is 2. The molecular formula is C17H14Cl2N4O. The molecule has 5 nitrogen and oxygen atoms in total. The van der Waals surface area contributed by atoms with Gasteiger partial charge in [0.15, 0.2) is 0 Å². The third-order valence-corrected chi connectivity index (χ3v) is 4.48. The minimum absolute atomic E-state index is 0.0934. The first kappa shape index (κ1) is 16.6. The standard InChI is InChI=1S/C17H14Cl2N4O/c18-13-2-3-14(15(19)9-13)17(24)23-7-5-22(6-8-23)16-4-1-12(10-20)11-21-16/h1-4,9,11H,5-8H2. The van der Waals surface area contributed by atoms with Crippen LogP contribution in [0.2, 0.25) is 10.0 Å². The smallest absolute Gasteiger partial charge is 0.255 e. The summed E-state index contributed by atoms with van der Waals surface area (Å²) in [4.78, 5) is 20.7. The van der Waals surface area contributed by atoms with Crippen LogP contribution in [0.4, 0.5) is 5.82 Å². The predicted molar refractivity (Wildman–Crippen MR) is 93.5 cm³/mol. The third kappa shape index (κ3) is 3.45. The zero-order chi connectivity index (χ0) is 17.1. The summed E-state index contributed by atoms with van der Waals surface area (Å²) >= 11 is 12.0. The molecule has 1 saturated heterocycles. The van der Waals surface area contributed by atoms with Gasteiger partial charge in [-0.3, -0.25) is 4.79 Å². The lowest BCUT2D eigenvalue weighted by molar-refractivity contribution is 0.0746. The van der Waals surface area contributed by atoms with Gasteiger partial charge in [0.05, 0.1) is 16.1 Å². The van der Waals surface area contributed by atoms with Gasteiger partial charge in [-0.05, 0) is 30.3 Å². The molecule has 0 unspecified atom stereocenters. The SMILES string of the molecule is N#Cc1ccc(N2CCN(C(=O)c3ccc(Cl)cc3Cl)CC2)nc1. The fourth-order valence-electron chi connectivity index (χ4n) is 2.61. The lowest BCUT2D eigenvalue weighted by Gasteiger charge is -2.35. The van der Waals surface area contributed by atoms with E-state index in [2.05, 4.69) is 16.0 Å². The van der Waals surface area contributed by atoms with E-state index in [1.165, 1.54) is 0 Å². The quantitative estimate of drug-likeness (QED) is 0.824. The Labute approximate surface area is 150 Å². The van der Waals surface area contributed by atoms with E-state index in [0.29, 0.717) is 47.4 Å². The van der Waals surface area contributed by atoms with Crippen molar-refractivity contribution >= 4 is 34.9 Å². The Bertz CT molecular complexity index is 793. The first-order valence-electron chi connectivity index (χ1n) is 7.44. The van der Waals surface area contributed by atoms with Gasteiger partial charge in [0.1, 0.15) is 11.9 Å². The summed E-state index contributed by atoms with van der Waals surface area (Å²) in [5.74, 6) is 0.717. The summed E-state index contributed by atoms with van der Waals surface area (Å²) in [5, 5.41) is 9.69. The molecule has 0 atom stereocenters. The summed E-state index contributed by atoms with van der Waals surface area (Å²) in [6, 6.07) is 10.5. The molecule has 1 aromatic carbocycles. The van der Waals surface area contributed by atoms with Crippen LogP contribution in [0.1, 0.15) is 15.9 Å². The van der Waals surface area contributed by atoms with E-state index in [4.69, 9.17) is 28.5 Å². The molecule has 1 fully saturated rings. The molecule has 1 amide bonds. The Balaban J connectivity index is 1.66. The van der Waals surface area contributed by atoms with E-state index in [-0.39, 0.29) is 5.91 Å². The second-order valence-electron chi connectivity index (χ2n) is 5.42. The Morgan fingerprint density at radius 2 is 1.88 bits per heavy atom. The Morgan fingerprint density at radius 3 is 2.46 bits per heavy atom. The van der Waals surface area contributed by atoms with Crippen LogP contribution in [0, 0.1) is 11.3 Å². The van der Waals surface area contributed by atoms with Gasteiger partial charge in [0, 0.05) is 37.4 Å². The van der Waals surface area contributed by atoms with Gasteiger partial charge in [0.25, 0.3) is 5.91 Å². The highest BCUT2D eigenvalue weighted by molar-refractivity contribution is 6.36. The highest BCUT2D eigenvalue weighted by Gasteiger charge is 2.24. The second-order valence-corrected chi connectivity index (χ2v) is 6.26. The van der Waals surface area contributed by atoms with Crippen molar-refractivity contribution in [2.45, 2.75) is 0 Å². The fraction of sp³-hybridized carbons (Fsp3) is 0.235. The highest BCUT2D eigenvalue weighted by Crippen LogP contribution is 2.23. The molecule has 2 aromatic rings. The fourth-order valence-corrected chi connectivity index (χ4v) is 3.10. The number of anilines is 1. The first-order valence-corrected chi connectivity index (χ1v) is 8.19. The van der Waals surface area contributed by atoms with Crippen LogP contribution in [0.25, 0.3) is 0 Å². The van der Waals surface area contributed by atoms with Crippen LogP contribution in [0.15, 0.2) is 36.5 Å². The number of carbonyl (C=O) groups excluding carboxylic acids is 1. The number of halogens is 2. The number of aromatic nitrogens is 1. The van der Waals surface area contributed by atoms with Crippen molar-refractivity contribution in [3.63, 3.8) is 0 Å². The molecule has 0 bridgehead atoms. The minimum atomic E-state index is -0.0934. The molecule has 0 spiro atoms. The molecular weight excluding hydrogens is 347 g/mol. The second kappa shape index (κ2) is 7.08. The van der Waals surface area contributed by atoms with Crippen molar-refractivity contribution in [3.05, 3.63) is 57.7 Å². The predicted octanol–water partition coefficient (Wildman–Crippen LogP) is 3.22. The molecule has 7 heteroatoms. The van der Waals surface area contributed by atoms with Crippen LogP contribution < -0.4 is 4.90 Å². The molecule has 0 radical (unpaired) electrons. The number of hydrogen-bond acceptors (Lipinski definition) is 4. The molecule has 122 valence electrons. The number of nitrogens with zero attached hydrogens (tertiary/aromatic N) is 4. The number of pyridine rings is 1. The van der Waals surface area contributed by atoms with Crippen LogP contribution in [-0.4, -0.2) is 42.0 Å². The van der Waals surface area contributed by atoms with E-state index >= 15 is 0 Å². The zero-order valence-corrected chi connectivity index (χ0v) is 14.3. The first-order chi connectivity index (χ1) is 11.6. The largest absolute Gasteiger partial charge is 0.353 e. The van der Waals surface area contributed by atoms with E-state index < -0.39 is 0 Å². The summed E-state index contributed by atoms with van der Waals surface area (Å²) < 4.78 is 0. The summed E-state index contributed by atoms with van der Waals surface area (Å²) in [5.41, 5.74) is 0.996. The Morgan fingerprint density at radius 1 is 1.12 bits per heavy atom. The van der Waals surface area contributed by atoms with Crippen molar-refractivity contribution in [3.8, 4) is 6.07 Å². The number of carbonyl (C=O) groups is 1. The maximum Gasteiger partial charge on any atom is 0.255 e. The molecule has 3 rings (SSSR count). The lowest BCUT2D eigenvalue weighted by Crippen LogP contribution is -2.49. The summed E-state index contributed by atoms with van der Waals surface area (Å²) in [6.45, 7) is 2.52. The highest BCUT2D eigenvalue weighted by atomic mass is 35.5. The Hall–Kier alpha value is -2.29. The number of benzene rings is 1. The van der Waals surface area contributed by atoms with Crippen LogP contribution in [0.3, 0.4) is 0 Å². The van der Waals surface area contributed by atoms with Crippen molar-refractivity contribution in [1.82, 2.24) is 9.88 Å². The lowest BCUT2D eigenvalue weighted by atomic mass is 10.1. The van der Waals surface area contributed by atoms with E-state index in [9.17, 15) is 4.79 Å². The van der Waals surface area contributed by atoms with Crippen molar-refractivity contribution in [1.29, 1.82) is 5.26 Å². The van der Waals surface area contributed by atoms with E-state index in [0.717, 1.165) is 5.82 Å². The monoisotopic (exact) mass is 360 g/mol. The van der Waals surface area contributed by atoms with Crippen LogP contribution in [-0.2, 0) is 0 Å². The molecule has 2 heterocycles. The molecule has 1 aliphatic rings. The number of piperazine rings is 1. The average molecular weight is 361 g/mol. The van der Waals surface area contributed by atoms with Gasteiger partial charge in [-0.2, -0.15) is 5.26 Å². The minimum Gasteiger partial charge on any atom is -0.353 e. The molecule has 1 aromatic heterocycles. The van der Waals surface area contributed by atoms with Crippen LogP contribution >= 0.6 is 23.2 Å². The van der Waals surface area contributed by atoms with Gasteiger partial charge in [0.2, 0.25) is 0 Å². The van der Waals surface area contributed by atoms with Gasteiger partial charge in [-0.1, -0.05) is 23.2 Å². The summed E-state index contributed by atoms with van der Waals surface area (Å²) in [6.07, 6.45) is 1.56. The zero-order valence-electron chi connectivity index (χ0n) is 12.7. The Kier molecular flexibility index (Phi) is 4.89. The molecule has 24 heavy (non-hydrogen) atoms. The maximum atomic E-state index is 12.6. The van der Waals surface area contributed by atoms with Gasteiger partial charge < -0.3 is 9.80 Å². The topological polar surface area (TPSA) is 60.2 Å². The van der Waals surface area contributed by atoms with Crippen molar-refractivity contribution in [2.24, 2.45) is 0 Å². The molecule has 0 N–H and O–H groups in total. The molecule has 0 saturated carbocycles. The number of amides is 1. The maximum absolute atomic E-state index is 12.6. The normalized spacial score (nSPS) is 14.4. The van der Waals surface area contributed by atoms with Gasteiger partial charge in [-0.25, -0.2) is 4.98 Å². The molecule has 0 aliphatic carbocycles. The van der Waals surface area contributed by atoms with E-state index in [1.807, 2.05) is 6.07 Å². The summed E-state index contributed by atoms with van der Waals surface area (Å²) in [7, 11) is 0. The van der Waals surface area contributed by atoms with Crippen LogP contribution in [0.5, 0.6) is 0 Å². The van der Waals surface area contributed by atoms with Crippen molar-refractivity contribution in [2.75, 3.05) is 31.1 Å². The average Bonchev–Trinajstić information content (AvgIpc) is 2.61. The molecule has 1 aliphatic heterocycles. The number of hydrogen-bond donors (Lipinski definition) is 0. The van der Waals surface area contributed by atoms with E-state index in [1.54, 1.807) is 35.4 Å². The van der Waals surface area contributed by atoms with Gasteiger partial charge in [-0.15, -0.1) is 0 Å². The number of nitriles is 1. The van der Waals surface area contributed by atoms with Crippen molar-refractivity contribution < 1.29 is 4.79 Å². The third-order valence-electron chi connectivity index (χ3n) is 3.93. The van der Waals surface area contributed by atoms with Gasteiger partial charge >= 0.3 is 0 Å².